The van der Waals surface area contributed by atoms with Gasteiger partial charge in [0, 0.05) is 18.5 Å². The number of carbonyl (C=O) groups is 2. The van der Waals surface area contributed by atoms with Gasteiger partial charge < -0.3 is 15.4 Å². The number of para-hydroxylation sites is 1. The van der Waals surface area contributed by atoms with E-state index in [0.29, 0.717) is 13.0 Å². The molecule has 5 heteroatoms. The summed E-state index contributed by atoms with van der Waals surface area (Å²) < 4.78 is 5.19. The van der Waals surface area contributed by atoms with Crippen molar-refractivity contribution in [3.8, 4) is 5.75 Å². The molecule has 0 aliphatic heterocycles. The van der Waals surface area contributed by atoms with E-state index in [-0.39, 0.29) is 18.4 Å². The van der Waals surface area contributed by atoms with Gasteiger partial charge in [0.2, 0.25) is 11.8 Å². The van der Waals surface area contributed by atoms with Crippen molar-refractivity contribution in [3.05, 3.63) is 29.8 Å². The highest BCUT2D eigenvalue weighted by molar-refractivity contribution is 5.84. The lowest BCUT2D eigenvalue weighted by Crippen LogP contribution is -2.36. The smallest absolute Gasteiger partial charge is 0.239 e. The number of carbonyl (C=O) groups excluding carboxylic acids is 2. The van der Waals surface area contributed by atoms with Crippen LogP contribution in [0.5, 0.6) is 5.75 Å². The van der Waals surface area contributed by atoms with Gasteiger partial charge in [0.1, 0.15) is 5.75 Å². The summed E-state index contributed by atoms with van der Waals surface area (Å²) in [4.78, 5) is 22.8. The van der Waals surface area contributed by atoms with Crippen molar-refractivity contribution in [1.29, 1.82) is 0 Å². The number of amides is 2. The number of rotatable bonds is 7. The van der Waals surface area contributed by atoms with E-state index >= 15 is 0 Å². The van der Waals surface area contributed by atoms with Crippen molar-refractivity contribution in [1.82, 2.24) is 10.6 Å². The van der Waals surface area contributed by atoms with Gasteiger partial charge in [0.25, 0.3) is 0 Å². The van der Waals surface area contributed by atoms with Gasteiger partial charge in [-0.25, -0.2) is 0 Å². The Morgan fingerprint density at radius 1 is 1.16 bits per heavy atom. The van der Waals surface area contributed by atoms with Crippen LogP contribution in [0.4, 0.5) is 0 Å². The molecule has 1 aromatic rings. The standard InChI is InChI=1S/C14H20N2O3/c1-3-6-13(17)16-10-14(18)15-9-11-7-4-5-8-12(11)19-2/h4-5,7-8H,3,6,9-10H2,1-2H3,(H,15,18)(H,16,17). The Hall–Kier alpha value is -2.04. The molecular weight excluding hydrogens is 244 g/mol. The van der Waals surface area contributed by atoms with E-state index in [4.69, 9.17) is 4.74 Å². The molecule has 0 aliphatic rings. The van der Waals surface area contributed by atoms with Crippen LogP contribution in [0, 0.1) is 0 Å². The number of nitrogens with one attached hydrogen (secondary N) is 2. The molecule has 1 rings (SSSR count). The Kier molecular flexibility index (Phi) is 6.43. The van der Waals surface area contributed by atoms with E-state index in [1.807, 2.05) is 31.2 Å². The van der Waals surface area contributed by atoms with Crippen LogP contribution in [0.3, 0.4) is 0 Å². The largest absolute Gasteiger partial charge is 0.496 e. The van der Waals surface area contributed by atoms with Crippen molar-refractivity contribution in [3.63, 3.8) is 0 Å². The lowest BCUT2D eigenvalue weighted by atomic mass is 10.2. The van der Waals surface area contributed by atoms with Crippen LogP contribution < -0.4 is 15.4 Å². The van der Waals surface area contributed by atoms with Crippen LogP contribution in [0.15, 0.2) is 24.3 Å². The summed E-state index contributed by atoms with van der Waals surface area (Å²) in [6.45, 7) is 2.31. The van der Waals surface area contributed by atoms with Gasteiger partial charge in [-0.15, -0.1) is 0 Å². The van der Waals surface area contributed by atoms with Crippen molar-refractivity contribution in [2.45, 2.75) is 26.3 Å². The molecular formula is C14H20N2O3. The van der Waals surface area contributed by atoms with Crippen molar-refractivity contribution >= 4 is 11.8 Å². The lowest BCUT2D eigenvalue weighted by Gasteiger charge is -2.10. The summed E-state index contributed by atoms with van der Waals surface area (Å²) in [6.07, 6.45) is 1.22. The minimum Gasteiger partial charge on any atom is -0.496 e. The molecule has 0 radical (unpaired) electrons. The predicted molar refractivity (Wildman–Crippen MR) is 72.8 cm³/mol. The molecule has 0 fully saturated rings. The third kappa shape index (κ3) is 5.42. The molecule has 2 amide bonds. The maximum Gasteiger partial charge on any atom is 0.239 e. The summed E-state index contributed by atoms with van der Waals surface area (Å²) in [6, 6.07) is 7.47. The maximum absolute atomic E-state index is 11.6. The van der Waals surface area contributed by atoms with Crippen LogP contribution in [0.25, 0.3) is 0 Å². The van der Waals surface area contributed by atoms with Gasteiger partial charge in [-0.2, -0.15) is 0 Å². The molecule has 0 saturated heterocycles. The van der Waals surface area contributed by atoms with E-state index in [0.717, 1.165) is 17.7 Å². The molecule has 19 heavy (non-hydrogen) atoms. The molecule has 0 aliphatic carbocycles. The topological polar surface area (TPSA) is 67.4 Å². The maximum atomic E-state index is 11.6. The third-order valence-electron chi connectivity index (χ3n) is 2.59. The van der Waals surface area contributed by atoms with Gasteiger partial charge in [-0.1, -0.05) is 25.1 Å². The minimum absolute atomic E-state index is 0.00792. The monoisotopic (exact) mass is 264 g/mol. The van der Waals surface area contributed by atoms with Crippen molar-refractivity contribution < 1.29 is 14.3 Å². The fourth-order valence-electron chi connectivity index (χ4n) is 1.60. The second-order valence-electron chi connectivity index (χ2n) is 4.12. The zero-order chi connectivity index (χ0) is 14.1. The first-order valence-electron chi connectivity index (χ1n) is 6.32. The van der Waals surface area contributed by atoms with E-state index in [1.165, 1.54) is 0 Å². The Balaban J connectivity index is 2.35. The van der Waals surface area contributed by atoms with Crippen LogP contribution >= 0.6 is 0 Å². The van der Waals surface area contributed by atoms with Gasteiger partial charge in [-0.3, -0.25) is 9.59 Å². The van der Waals surface area contributed by atoms with Crippen LogP contribution in [0.1, 0.15) is 25.3 Å². The minimum atomic E-state index is -0.213. The molecule has 0 saturated carbocycles. The zero-order valence-corrected chi connectivity index (χ0v) is 11.4. The summed E-state index contributed by atoms with van der Waals surface area (Å²) >= 11 is 0. The molecule has 0 aromatic heterocycles. The quantitative estimate of drug-likeness (QED) is 0.778. The Morgan fingerprint density at radius 2 is 1.89 bits per heavy atom. The van der Waals surface area contributed by atoms with Gasteiger partial charge in [0.15, 0.2) is 0 Å². The van der Waals surface area contributed by atoms with Gasteiger partial charge in [-0.05, 0) is 12.5 Å². The zero-order valence-electron chi connectivity index (χ0n) is 11.4. The van der Waals surface area contributed by atoms with E-state index < -0.39 is 0 Å². The molecule has 104 valence electrons. The molecule has 0 spiro atoms. The van der Waals surface area contributed by atoms with E-state index in [1.54, 1.807) is 7.11 Å². The highest BCUT2D eigenvalue weighted by Gasteiger charge is 2.06. The Bertz CT molecular complexity index is 432. The molecule has 0 unspecified atom stereocenters. The molecule has 0 bridgehead atoms. The fraction of sp³-hybridized carbons (Fsp3) is 0.429. The summed E-state index contributed by atoms with van der Waals surface area (Å²) in [7, 11) is 1.59. The molecule has 5 nitrogen and oxygen atoms in total. The number of hydrogen-bond acceptors (Lipinski definition) is 3. The summed E-state index contributed by atoms with van der Waals surface area (Å²) in [5.74, 6) is 0.420. The predicted octanol–water partition coefficient (Wildman–Crippen LogP) is 1.23. The molecule has 0 heterocycles. The van der Waals surface area contributed by atoms with Crippen LogP contribution in [0.2, 0.25) is 0 Å². The highest BCUT2D eigenvalue weighted by Crippen LogP contribution is 2.16. The lowest BCUT2D eigenvalue weighted by molar-refractivity contribution is -0.126. The number of ether oxygens (including phenoxy) is 1. The second kappa shape index (κ2) is 8.13. The molecule has 0 atom stereocenters. The summed E-state index contributed by atoms with van der Waals surface area (Å²) in [5.41, 5.74) is 0.901. The number of hydrogen-bond donors (Lipinski definition) is 2. The van der Waals surface area contributed by atoms with Crippen molar-refractivity contribution in [2.24, 2.45) is 0 Å². The average Bonchev–Trinajstić information content (AvgIpc) is 2.43. The molecule has 1 aromatic carbocycles. The third-order valence-corrected chi connectivity index (χ3v) is 2.59. The first-order valence-corrected chi connectivity index (χ1v) is 6.32. The van der Waals surface area contributed by atoms with Gasteiger partial charge in [0.05, 0.1) is 13.7 Å². The number of methoxy groups -OCH3 is 1. The van der Waals surface area contributed by atoms with Gasteiger partial charge >= 0.3 is 0 Å². The second-order valence-corrected chi connectivity index (χ2v) is 4.12. The SMILES string of the molecule is CCCC(=O)NCC(=O)NCc1ccccc1OC. The Labute approximate surface area is 113 Å². The average molecular weight is 264 g/mol. The van der Waals surface area contributed by atoms with Crippen molar-refractivity contribution in [2.75, 3.05) is 13.7 Å². The van der Waals surface area contributed by atoms with E-state index in [9.17, 15) is 9.59 Å². The highest BCUT2D eigenvalue weighted by atomic mass is 16.5. The van der Waals surface area contributed by atoms with Crippen LogP contribution in [-0.4, -0.2) is 25.5 Å². The first kappa shape index (κ1) is 15.0. The van der Waals surface area contributed by atoms with E-state index in [2.05, 4.69) is 10.6 Å². The molecule has 2 N–H and O–H groups in total. The van der Waals surface area contributed by atoms with Crippen LogP contribution in [-0.2, 0) is 16.1 Å². The number of benzene rings is 1. The first-order chi connectivity index (χ1) is 9.17. The Morgan fingerprint density at radius 3 is 2.58 bits per heavy atom. The normalized spacial score (nSPS) is 9.79. The fourth-order valence-corrected chi connectivity index (χ4v) is 1.60. The summed E-state index contributed by atoms with van der Waals surface area (Å²) in [5, 5.41) is 5.30.